The van der Waals surface area contributed by atoms with Crippen molar-refractivity contribution in [3.8, 4) is 0 Å². The molecular weight excluding hydrogens is 316 g/mol. The highest BCUT2D eigenvalue weighted by Crippen LogP contribution is 2.22. The Bertz CT molecular complexity index is 750. The lowest BCUT2D eigenvalue weighted by atomic mass is 10.1. The fourth-order valence-corrected chi connectivity index (χ4v) is 3.47. The summed E-state index contributed by atoms with van der Waals surface area (Å²) in [6.45, 7) is 4.88. The van der Waals surface area contributed by atoms with Crippen LogP contribution in [0.1, 0.15) is 20.7 Å². The van der Waals surface area contributed by atoms with Gasteiger partial charge in [-0.15, -0.1) is 0 Å². The van der Waals surface area contributed by atoms with Crippen molar-refractivity contribution in [2.24, 2.45) is 0 Å². The first-order chi connectivity index (χ1) is 12.2. The maximum Gasteiger partial charge on any atom is 0.261 e. The second-order valence-corrected chi connectivity index (χ2v) is 6.34. The van der Waals surface area contributed by atoms with Gasteiger partial charge in [-0.25, -0.2) is 0 Å². The molecule has 2 aliphatic rings. The third-order valence-corrected chi connectivity index (χ3v) is 4.92. The lowest BCUT2D eigenvalue weighted by Crippen LogP contribution is -2.49. The first-order valence-electron chi connectivity index (χ1n) is 8.56. The molecule has 0 atom stereocenters. The number of carbonyl (C=O) groups excluding carboxylic acids is 2. The fourth-order valence-electron chi connectivity index (χ4n) is 3.47. The Balaban J connectivity index is 1.32. The summed E-state index contributed by atoms with van der Waals surface area (Å²) in [5, 5.41) is 0. The van der Waals surface area contributed by atoms with E-state index < -0.39 is 0 Å². The predicted molar refractivity (Wildman–Crippen MR) is 94.7 cm³/mol. The molecule has 2 amide bonds. The van der Waals surface area contributed by atoms with Gasteiger partial charge in [0.05, 0.1) is 11.1 Å². The minimum atomic E-state index is -0.170. The Kier molecular flexibility index (Phi) is 4.19. The summed E-state index contributed by atoms with van der Waals surface area (Å²) in [7, 11) is 0. The molecule has 3 heterocycles. The quantitative estimate of drug-likeness (QED) is 0.792. The molecule has 4 rings (SSSR count). The van der Waals surface area contributed by atoms with Gasteiger partial charge in [0.2, 0.25) is 0 Å². The highest BCUT2D eigenvalue weighted by atomic mass is 16.2. The van der Waals surface area contributed by atoms with Gasteiger partial charge in [0, 0.05) is 57.3 Å². The van der Waals surface area contributed by atoms with Crippen LogP contribution in [0.25, 0.3) is 0 Å². The first kappa shape index (κ1) is 15.8. The van der Waals surface area contributed by atoms with Gasteiger partial charge in [0.1, 0.15) is 0 Å². The van der Waals surface area contributed by atoms with E-state index in [0.29, 0.717) is 17.7 Å². The number of aromatic nitrogens is 1. The molecule has 2 aromatic rings. The van der Waals surface area contributed by atoms with Crippen LogP contribution < -0.4 is 4.90 Å². The van der Waals surface area contributed by atoms with Crippen molar-refractivity contribution >= 4 is 17.5 Å². The number of nitrogens with zero attached hydrogens (tertiary/aromatic N) is 4. The highest BCUT2D eigenvalue weighted by molar-refractivity contribution is 6.21. The van der Waals surface area contributed by atoms with Gasteiger partial charge in [0.15, 0.2) is 0 Å². The second-order valence-electron chi connectivity index (χ2n) is 6.34. The maximum atomic E-state index is 12.4. The molecule has 1 saturated heterocycles. The number of anilines is 1. The van der Waals surface area contributed by atoms with Crippen molar-refractivity contribution < 1.29 is 9.59 Å². The number of fused-ring (bicyclic) bond motifs is 1. The van der Waals surface area contributed by atoms with Crippen LogP contribution in [-0.2, 0) is 0 Å². The zero-order valence-corrected chi connectivity index (χ0v) is 14.0. The Hall–Kier alpha value is -2.73. The third-order valence-electron chi connectivity index (χ3n) is 4.92. The van der Waals surface area contributed by atoms with Crippen molar-refractivity contribution in [1.29, 1.82) is 0 Å². The molecular formula is C19H20N4O2. The molecule has 1 aromatic carbocycles. The molecule has 128 valence electrons. The Labute approximate surface area is 146 Å². The molecule has 2 aliphatic heterocycles. The molecule has 0 aliphatic carbocycles. The smallest absolute Gasteiger partial charge is 0.261 e. The molecule has 0 saturated carbocycles. The maximum absolute atomic E-state index is 12.4. The van der Waals surface area contributed by atoms with Crippen LogP contribution in [0.15, 0.2) is 48.8 Å². The lowest BCUT2D eigenvalue weighted by Gasteiger charge is -2.36. The van der Waals surface area contributed by atoms with E-state index in [4.69, 9.17) is 0 Å². The molecule has 0 N–H and O–H groups in total. The van der Waals surface area contributed by atoms with Gasteiger partial charge in [-0.2, -0.15) is 0 Å². The van der Waals surface area contributed by atoms with E-state index in [0.717, 1.165) is 32.7 Å². The van der Waals surface area contributed by atoms with Crippen molar-refractivity contribution in [3.05, 3.63) is 59.9 Å². The minimum Gasteiger partial charge on any atom is -0.369 e. The Morgan fingerprint density at radius 3 is 2.00 bits per heavy atom. The first-order valence-corrected chi connectivity index (χ1v) is 8.56. The molecule has 0 bridgehead atoms. The number of benzene rings is 1. The number of amides is 2. The van der Waals surface area contributed by atoms with E-state index in [1.165, 1.54) is 10.6 Å². The monoisotopic (exact) mass is 336 g/mol. The summed E-state index contributed by atoms with van der Waals surface area (Å²) in [4.78, 5) is 34.8. The van der Waals surface area contributed by atoms with Crippen molar-refractivity contribution in [3.63, 3.8) is 0 Å². The number of hydrogen-bond donors (Lipinski definition) is 0. The number of piperazine rings is 1. The summed E-state index contributed by atoms with van der Waals surface area (Å²) in [6.07, 6.45) is 3.62. The van der Waals surface area contributed by atoms with Gasteiger partial charge in [-0.05, 0) is 24.3 Å². The van der Waals surface area contributed by atoms with Gasteiger partial charge in [0.25, 0.3) is 11.8 Å². The van der Waals surface area contributed by atoms with Gasteiger partial charge >= 0.3 is 0 Å². The summed E-state index contributed by atoms with van der Waals surface area (Å²) in [5.74, 6) is -0.341. The topological polar surface area (TPSA) is 56.8 Å². The molecule has 0 spiro atoms. The molecule has 1 aromatic heterocycles. The van der Waals surface area contributed by atoms with Crippen molar-refractivity contribution in [1.82, 2.24) is 14.8 Å². The summed E-state index contributed by atoms with van der Waals surface area (Å²) in [6, 6.07) is 11.1. The zero-order chi connectivity index (χ0) is 17.2. The van der Waals surface area contributed by atoms with Gasteiger partial charge in [-0.3, -0.25) is 24.4 Å². The molecule has 1 fully saturated rings. The van der Waals surface area contributed by atoms with E-state index >= 15 is 0 Å². The van der Waals surface area contributed by atoms with E-state index in [1.807, 2.05) is 24.5 Å². The largest absolute Gasteiger partial charge is 0.369 e. The Morgan fingerprint density at radius 2 is 1.40 bits per heavy atom. The van der Waals surface area contributed by atoms with Gasteiger partial charge in [-0.1, -0.05) is 12.1 Å². The predicted octanol–water partition coefficient (Wildman–Crippen LogP) is 1.50. The SMILES string of the molecule is O=C1c2ccccc2C(=O)N1CCN1CCN(c2ccncc2)CC1. The van der Waals surface area contributed by atoms with Crippen molar-refractivity contribution in [2.45, 2.75) is 0 Å². The lowest BCUT2D eigenvalue weighted by molar-refractivity contribution is 0.0635. The number of rotatable bonds is 4. The standard InChI is InChI=1S/C19H20N4O2/c24-18-16-3-1-2-4-17(16)19(25)23(18)14-11-21-9-12-22(13-10-21)15-5-7-20-8-6-15/h1-8H,9-14H2. The summed E-state index contributed by atoms with van der Waals surface area (Å²) in [5.41, 5.74) is 2.24. The fraction of sp³-hybridized carbons (Fsp3) is 0.316. The van der Waals surface area contributed by atoms with E-state index in [-0.39, 0.29) is 11.8 Å². The number of pyridine rings is 1. The highest BCUT2D eigenvalue weighted by Gasteiger charge is 2.35. The molecule has 25 heavy (non-hydrogen) atoms. The summed E-state index contributed by atoms with van der Waals surface area (Å²) >= 11 is 0. The normalized spacial score (nSPS) is 17.9. The molecule has 6 heteroatoms. The van der Waals surface area contributed by atoms with Crippen LogP contribution in [0.4, 0.5) is 5.69 Å². The van der Waals surface area contributed by atoms with Crippen LogP contribution in [0.3, 0.4) is 0 Å². The third kappa shape index (κ3) is 3.00. The van der Waals surface area contributed by atoms with Crippen LogP contribution in [0.5, 0.6) is 0 Å². The number of imide groups is 1. The number of carbonyl (C=O) groups is 2. The molecule has 0 unspecified atom stereocenters. The zero-order valence-electron chi connectivity index (χ0n) is 14.0. The van der Waals surface area contributed by atoms with E-state index in [1.54, 1.807) is 24.3 Å². The minimum absolute atomic E-state index is 0.170. The average Bonchev–Trinajstić information content (AvgIpc) is 2.92. The second kappa shape index (κ2) is 6.64. The summed E-state index contributed by atoms with van der Waals surface area (Å²) < 4.78 is 0. The molecule has 0 radical (unpaired) electrons. The van der Waals surface area contributed by atoms with Crippen LogP contribution in [-0.4, -0.2) is 65.9 Å². The molecule has 6 nitrogen and oxygen atoms in total. The van der Waals surface area contributed by atoms with Crippen LogP contribution in [0.2, 0.25) is 0 Å². The van der Waals surface area contributed by atoms with Crippen LogP contribution >= 0.6 is 0 Å². The van der Waals surface area contributed by atoms with Crippen molar-refractivity contribution in [2.75, 3.05) is 44.2 Å². The van der Waals surface area contributed by atoms with Gasteiger partial charge < -0.3 is 4.90 Å². The van der Waals surface area contributed by atoms with E-state index in [2.05, 4.69) is 14.8 Å². The van der Waals surface area contributed by atoms with E-state index in [9.17, 15) is 9.59 Å². The average molecular weight is 336 g/mol. The Morgan fingerprint density at radius 1 is 0.800 bits per heavy atom. The number of hydrogen-bond acceptors (Lipinski definition) is 5. The van der Waals surface area contributed by atoms with Crippen LogP contribution in [0, 0.1) is 0 Å².